The van der Waals surface area contributed by atoms with E-state index >= 15 is 0 Å². The van der Waals surface area contributed by atoms with Crippen LogP contribution in [0, 0.1) is 6.92 Å². The average molecular weight is 306 g/mol. The molecule has 0 aliphatic carbocycles. The van der Waals surface area contributed by atoms with E-state index in [0.717, 1.165) is 4.88 Å². The molecular formula is C15H18N2O3S. The zero-order valence-electron chi connectivity index (χ0n) is 12.2. The summed E-state index contributed by atoms with van der Waals surface area (Å²) in [5.74, 6) is 0.742. The number of hydrogen-bond donors (Lipinski definition) is 2. The maximum absolute atomic E-state index is 12.3. The highest BCUT2D eigenvalue weighted by Crippen LogP contribution is 2.31. The summed E-state index contributed by atoms with van der Waals surface area (Å²) in [4.78, 5) is 13.4. The van der Waals surface area contributed by atoms with Crippen LogP contribution in [0.5, 0.6) is 11.5 Å². The topological polar surface area (TPSA) is 73.6 Å². The molecule has 2 aromatic rings. The van der Waals surface area contributed by atoms with Crippen molar-refractivity contribution in [3.05, 3.63) is 39.6 Å². The molecule has 6 heteroatoms. The minimum absolute atomic E-state index is 0.235. The Morgan fingerprint density at radius 2 is 1.95 bits per heavy atom. The van der Waals surface area contributed by atoms with Gasteiger partial charge in [-0.05, 0) is 30.0 Å². The lowest BCUT2D eigenvalue weighted by Gasteiger charge is -2.12. The Labute approximate surface area is 127 Å². The monoisotopic (exact) mass is 306 g/mol. The van der Waals surface area contributed by atoms with Crippen molar-refractivity contribution in [3.8, 4) is 11.5 Å². The zero-order chi connectivity index (χ0) is 15.4. The first-order valence-electron chi connectivity index (χ1n) is 6.39. The summed E-state index contributed by atoms with van der Waals surface area (Å²) in [5, 5.41) is 4.87. The number of carbonyl (C=O) groups is 1. The first-order valence-corrected chi connectivity index (χ1v) is 7.27. The van der Waals surface area contributed by atoms with E-state index in [2.05, 4.69) is 5.32 Å². The highest BCUT2D eigenvalue weighted by Gasteiger charge is 2.15. The highest BCUT2D eigenvalue weighted by atomic mass is 32.1. The Morgan fingerprint density at radius 3 is 2.52 bits per heavy atom. The number of anilines is 1. The Morgan fingerprint density at radius 1 is 1.29 bits per heavy atom. The molecule has 5 nitrogen and oxygen atoms in total. The molecule has 112 valence electrons. The molecule has 0 unspecified atom stereocenters. The van der Waals surface area contributed by atoms with Crippen molar-refractivity contribution in [1.82, 2.24) is 5.32 Å². The lowest BCUT2D eigenvalue weighted by atomic mass is 10.1. The molecule has 0 aliphatic heterocycles. The van der Waals surface area contributed by atoms with Crippen LogP contribution in [0.3, 0.4) is 0 Å². The average Bonchev–Trinajstić information content (AvgIpc) is 2.89. The van der Waals surface area contributed by atoms with E-state index in [1.54, 1.807) is 23.5 Å². The minimum atomic E-state index is -0.235. The fourth-order valence-corrected chi connectivity index (χ4v) is 2.78. The van der Waals surface area contributed by atoms with Gasteiger partial charge in [-0.25, -0.2) is 0 Å². The second-order valence-corrected chi connectivity index (χ2v) is 5.50. The predicted molar refractivity (Wildman–Crippen MR) is 84.2 cm³/mol. The maximum atomic E-state index is 12.3. The van der Waals surface area contributed by atoms with Gasteiger partial charge in [-0.2, -0.15) is 0 Å². The van der Waals surface area contributed by atoms with Gasteiger partial charge in [-0.3, -0.25) is 4.79 Å². The lowest BCUT2D eigenvalue weighted by Crippen LogP contribution is -2.23. The molecule has 0 radical (unpaired) electrons. The van der Waals surface area contributed by atoms with E-state index in [-0.39, 0.29) is 5.91 Å². The van der Waals surface area contributed by atoms with Crippen molar-refractivity contribution in [2.45, 2.75) is 13.5 Å². The Balaban J connectivity index is 2.17. The van der Waals surface area contributed by atoms with Crippen LogP contribution in [-0.2, 0) is 6.54 Å². The van der Waals surface area contributed by atoms with E-state index in [0.29, 0.717) is 29.3 Å². The summed E-state index contributed by atoms with van der Waals surface area (Å²) < 4.78 is 10.3. The van der Waals surface area contributed by atoms with E-state index < -0.39 is 0 Å². The fraction of sp³-hybridized carbons (Fsp3) is 0.267. The van der Waals surface area contributed by atoms with Crippen LogP contribution >= 0.6 is 11.3 Å². The van der Waals surface area contributed by atoms with Gasteiger partial charge in [0.1, 0.15) is 0 Å². The minimum Gasteiger partial charge on any atom is -0.493 e. The van der Waals surface area contributed by atoms with Gasteiger partial charge in [0, 0.05) is 16.6 Å². The summed E-state index contributed by atoms with van der Waals surface area (Å²) in [6, 6.07) is 5.20. The van der Waals surface area contributed by atoms with Gasteiger partial charge in [-0.1, -0.05) is 0 Å². The predicted octanol–water partition coefficient (Wildman–Crippen LogP) is 2.59. The SMILES string of the molecule is COc1cc(N)c(C(=O)NCc2sccc2C)cc1OC. The number of nitrogen functional groups attached to an aromatic ring is 1. The molecule has 0 spiro atoms. The van der Waals surface area contributed by atoms with Crippen molar-refractivity contribution in [2.75, 3.05) is 20.0 Å². The number of amides is 1. The van der Waals surface area contributed by atoms with Crippen molar-refractivity contribution in [2.24, 2.45) is 0 Å². The van der Waals surface area contributed by atoms with Crippen LogP contribution in [0.1, 0.15) is 20.8 Å². The van der Waals surface area contributed by atoms with Crippen molar-refractivity contribution in [1.29, 1.82) is 0 Å². The van der Waals surface area contributed by atoms with E-state index in [4.69, 9.17) is 15.2 Å². The number of methoxy groups -OCH3 is 2. The van der Waals surface area contributed by atoms with Gasteiger partial charge in [0.15, 0.2) is 11.5 Å². The number of ether oxygens (including phenoxy) is 2. The zero-order valence-corrected chi connectivity index (χ0v) is 13.0. The smallest absolute Gasteiger partial charge is 0.253 e. The number of thiophene rings is 1. The molecule has 0 atom stereocenters. The van der Waals surface area contributed by atoms with Gasteiger partial charge >= 0.3 is 0 Å². The van der Waals surface area contributed by atoms with Crippen LogP contribution in [0.4, 0.5) is 5.69 Å². The molecule has 0 aliphatic rings. The fourth-order valence-electron chi connectivity index (χ4n) is 1.93. The molecular weight excluding hydrogens is 288 g/mol. The summed E-state index contributed by atoms with van der Waals surface area (Å²) in [6.45, 7) is 2.50. The normalized spacial score (nSPS) is 10.2. The molecule has 1 heterocycles. The highest BCUT2D eigenvalue weighted by molar-refractivity contribution is 7.10. The van der Waals surface area contributed by atoms with Gasteiger partial charge < -0.3 is 20.5 Å². The molecule has 0 bridgehead atoms. The van der Waals surface area contributed by atoms with Crippen molar-refractivity contribution in [3.63, 3.8) is 0 Å². The molecule has 0 fully saturated rings. The maximum Gasteiger partial charge on any atom is 0.253 e. The third-order valence-corrected chi connectivity index (χ3v) is 4.20. The summed E-state index contributed by atoms with van der Waals surface area (Å²) in [5.41, 5.74) is 7.81. The van der Waals surface area contributed by atoms with Crippen LogP contribution < -0.4 is 20.5 Å². The van der Waals surface area contributed by atoms with Crippen LogP contribution in [-0.4, -0.2) is 20.1 Å². The summed E-state index contributed by atoms with van der Waals surface area (Å²) >= 11 is 1.61. The van der Waals surface area contributed by atoms with Gasteiger partial charge in [0.25, 0.3) is 5.91 Å². The number of benzene rings is 1. The van der Waals surface area contributed by atoms with Crippen LogP contribution in [0.2, 0.25) is 0 Å². The summed E-state index contributed by atoms with van der Waals surface area (Å²) in [7, 11) is 3.04. The van der Waals surface area contributed by atoms with Crippen LogP contribution in [0.25, 0.3) is 0 Å². The number of rotatable bonds is 5. The summed E-state index contributed by atoms with van der Waals surface area (Å²) in [6.07, 6.45) is 0. The third kappa shape index (κ3) is 3.28. The van der Waals surface area contributed by atoms with Gasteiger partial charge in [0.2, 0.25) is 0 Å². The van der Waals surface area contributed by atoms with E-state index in [1.165, 1.54) is 19.8 Å². The molecule has 1 aromatic heterocycles. The second-order valence-electron chi connectivity index (χ2n) is 4.50. The Kier molecular flexibility index (Phi) is 4.70. The molecule has 0 saturated heterocycles. The van der Waals surface area contributed by atoms with E-state index in [9.17, 15) is 4.79 Å². The molecule has 2 rings (SSSR count). The van der Waals surface area contributed by atoms with Gasteiger partial charge in [-0.15, -0.1) is 11.3 Å². The van der Waals surface area contributed by atoms with Crippen molar-refractivity contribution < 1.29 is 14.3 Å². The Hall–Kier alpha value is -2.21. The molecule has 1 aromatic carbocycles. The largest absolute Gasteiger partial charge is 0.493 e. The first-order chi connectivity index (χ1) is 10.1. The van der Waals surface area contributed by atoms with Crippen LogP contribution in [0.15, 0.2) is 23.6 Å². The van der Waals surface area contributed by atoms with Gasteiger partial charge in [0.05, 0.1) is 26.3 Å². The lowest BCUT2D eigenvalue weighted by molar-refractivity contribution is 0.0952. The molecule has 3 N–H and O–H groups in total. The van der Waals surface area contributed by atoms with E-state index in [1.807, 2.05) is 18.4 Å². The number of nitrogens with one attached hydrogen (secondary N) is 1. The third-order valence-electron chi connectivity index (χ3n) is 3.18. The number of carbonyl (C=O) groups excluding carboxylic acids is 1. The quantitative estimate of drug-likeness (QED) is 0.833. The number of hydrogen-bond acceptors (Lipinski definition) is 5. The first kappa shape index (κ1) is 15.2. The second kappa shape index (κ2) is 6.49. The standard InChI is InChI=1S/C15H18N2O3S/c1-9-4-5-21-14(9)8-17-15(18)10-6-12(19-2)13(20-3)7-11(10)16/h4-7H,8,16H2,1-3H3,(H,17,18). The van der Waals surface area contributed by atoms with Crippen molar-refractivity contribution >= 4 is 22.9 Å². The number of nitrogens with two attached hydrogens (primary N) is 1. The molecule has 1 amide bonds. The number of aryl methyl sites for hydroxylation is 1. The molecule has 0 saturated carbocycles. The Bertz CT molecular complexity index is 652. The molecule has 21 heavy (non-hydrogen) atoms.